The summed E-state index contributed by atoms with van der Waals surface area (Å²) >= 11 is 0. The summed E-state index contributed by atoms with van der Waals surface area (Å²) < 4.78 is 53.7. The number of sulfone groups is 1. The standard InChI is InChI=1S/C23H25NO5S2/c1-29-20-12-6-5-8-16(20)14-19(24)18-11-7-13-21-23(18)22(15-30(21,25)26)31(27,28)17-9-3-2-4-10-17/h2-13,19,22,25-26H,14-15,24H2,1H3. The summed E-state index contributed by atoms with van der Waals surface area (Å²) in [5.74, 6) is 0.432. The fourth-order valence-corrected chi connectivity index (χ4v) is 8.61. The lowest BCUT2D eigenvalue weighted by molar-refractivity contribution is 0.408. The van der Waals surface area contributed by atoms with E-state index >= 15 is 0 Å². The van der Waals surface area contributed by atoms with Crippen LogP contribution in [0.2, 0.25) is 0 Å². The van der Waals surface area contributed by atoms with E-state index in [9.17, 15) is 17.5 Å². The fraction of sp³-hybridized carbons (Fsp3) is 0.217. The minimum atomic E-state index is -3.84. The van der Waals surface area contributed by atoms with E-state index in [-0.39, 0.29) is 15.5 Å². The van der Waals surface area contributed by atoms with Gasteiger partial charge in [0, 0.05) is 6.04 Å². The van der Waals surface area contributed by atoms with Crippen molar-refractivity contribution in [2.75, 3.05) is 12.9 Å². The van der Waals surface area contributed by atoms with Gasteiger partial charge >= 0.3 is 0 Å². The molecular weight excluding hydrogens is 434 g/mol. The van der Waals surface area contributed by atoms with Gasteiger partial charge in [0.15, 0.2) is 9.84 Å². The van der Waals surface area contributed by atoms with Crippen LogP contribution in [0.4, 0.5) is 0 Å². The second-order valence-corrected chi connectivity index (χ2v) is 11.8. The number of ether oxygens (including phenoxy) is 1. The zero-order valence-corrected chi connectivity index (χ0v) is 18.6. The zero-order valence-electron chi connectivity index (χ0n) is 17.0. The molecule has 31 heavy (non-hydrogen) atoms. The van der Waals surface area contributed by atoms with Crippen molar-refractivity contribution in [3.63, 3.8) is 0 Å². The van der Waals surface area contributed by atoms with Crippen LogP contribution >= 0.6 is 10.6 Å². The first-order valence-electron chi connectivity index (χ1n) is 9.81. The third kappa shape index (κ3) is 3.97. The van der Waals surface area contributed by atoms with Crippen LogP contribution in [0.1, 0.15) is 28.0 Å². The number of nitrogens with two attached hydrogens (primary N) is 1. The average molecular weight is 460 g/mol. The van der Waals surface area contributed by atoms with Crippen molar-refractivity contribution in [3.8, 4) is 5.75 Å². The molecule has 0 saturated heterocycles. The first-order valence-corrected chi connectivity index (χ1v) is 13.1. The third-order valence-electron chi connectivity index (χ3n) is 5.64. The summed E-state index contributed by atoms with van der Waals surface area (Å²) in [5, 5.41) is -1.07. The zero-order chi connectivity index (χ0) is 22.2. The Morgan fingerprint density at radius 2 is 1.71 bits per heavy atom. The van der Waals surface area contributed by atoms with Crippen LogP contribution in [-0.2, 0) is 16.3 Å². The summed E-state index contributed by atoms with van der Waals surface area (Å²) in [6.07, 6.45) is 0.414. The van der Waals surface area contributed by atoms with Crippen LogP contribution in [0.5, 0.6) is 5.75 Å². The topological polar surface area (TPSA) is 110 Å². The van der Waals surface area contributed by atoms with Crippen LogP contribution in [0.15, 0.2) is 82.6 Å². The van der Waals surface area contributed by atoms with Crippen molar-refractivity contribution in [1.82, 2.24) is 0 Å². The van der Waals surface area contributed by atoms with Crippen molar-refractivity contribution >= 4 is 20.4 Å². The molecule has 0 saturated carbocycles. The number of fused-ring (bicyclic) bond motifs is 1. The van der Waals surface area contributed by atoms with Crippen LogP contribution in [0, 0.1) is 0 Å². The molecule has 4 N–H and O–H groups in total. The van der Waals surface area contributed by atoms with Gasteiger partial charge < -0.3 is 10.5 Å². The van der Waals surface area contributed by atoms with Gasteiger partial charge in [-0.05, 0) is 47.4 Å². The van der Waals surface area contributed by atoms with Gasteiger partial charge in [-0.2, -0.15) is 10.6 Å². The molecule has 1 heterocycles. The maximum atomic E-state index is 13.4. The van der Waals surface area contributed by atoms with Gasteiger partial charge in [0.05, 0.1) is 22.7 Å². The van der Waals surface area contributed by atoms with Crippen LogP contribution < -0.4 is 10.5 Å². The lowest BCUT2D eigenvalue weighted by Crippen LogP contribution is -2.20. The predicted molar refractivity (Wildman–Crippen MR) is 122 cm³/mol. The molecule has 0 spiro atoms. The van der Waals surface area contributed by atoms with Gasteiger partial charge in [0.1, 0.15) is 11.0 Å². The maximum Gasteiger partial charge on any atom is 0.187 e. The number of benzene rings is 3. The van der Waals surface area contributed by atoms with Gasteiger partial charge in [-0.3, -0.25) is 9.11 Å². The van der Waals surface area contributed by atoms with E-state index in [0.717, 1.165) is 5.56 Å². The van der Waals surface area contributed by atoms with Crippen molar-refractivity contribution in [3.05, 3.63) is 89.5 Å². The highest BCUT2D eigenvalue weighted by Gasteiger charge is 2.45. The van der Waals surface area contributed by atoms with E-state index in [1.807, 2.05) is 24.3 Å². The number of rotatable bonds is 6. The highest BCUT2D eigenvalue weighted by Crippen LogP contribution is 2.62. The van der Waals surface area contributed by atoms with E-state index in [0.29, 0.717) is 23.3 Å². The summed E-state index contributed by atoms with van der Waals surface area (Å²) in [7, 11) is -5.51. The number of hydrogen-bond donors (Lipinski definition) is 3. The van der Waals surface area contributed by atoms with E-state index in [1.54, 1.807) is 43.5 Å². The maximum absolute atomic E-state index is 13.4. The molecule has 3 aromatic rings. The van der Waals surface area contributed by atoms with E-state index < -0.39 is 31.7 Å². The Labute approximate surface area is 184 Å². The largest absolute Gasteiger partial charge is 0.496 e. The molecule has 0 aromatic heterocycles. The molecule has 0 amide bonds. The van der Waals surface area contributed by atoms with E-state index in [2.05, 4.69) is 0 Å². The summed E-state index contributed by atoms with van der Waals surface area (Å²) in [6, 6.07) is 20.1. The molecular formula is C23H25NO5S2. The van der Waals surface area contributed by atoms with Gasteiger partial charge in [0.25, 0.3) is 0 Å². The SMILES string of the molecule is COc1ccccc1CC(N)c1cccc2c1C(S(=O)(=O)c1ccccc1)CS2(O)O. The molecule has 2 unspecified atom stereocenters. The highest BCUT2D eigenvalue weighted by molar-refractivity contribution is 8.25. The van der Waals surface area contributed by atoms with Crippen LogP contribution in [0.25, 0.3) is 0 Å². The molecule has 0 bridgehead atoms. The fourth-order valence-electron chi connectivity index (χ4n) is 4.14. The first kappa shape index (κ1) is 21.9. The number of para-hydroxylation sites is 1. The second kappa shape index (κ2) is 8.29. The Balaban J connectivity index is 1.80. The van der Waals surface area contributed by atoms with E-state index in [1.165, 1.54) is 12.1 Å². The van der Waals surface area contributed by atoms with Gasteiger partial charge in [-0.25, -0.2) is 8.42 Å². The number of methoxy groups -OCH3 is 1. The third-order valence-corrected chi connectivity index (χ3v) is 9.79. The quantitative estimate of drug-likeness (QED) is 0.498. The molecule has 1 aliphatic heterocycles. The molecule has 0 aliphatic carbocycles. The lowest BCUT2D eigenvalue weighted by Gasteiger charge is -2.27. The molecule has 6 nitrogen and oxygen atoms in total. The molecule has 0 fully saturated rings. The van der Waals surface area contributed by atoms with Crippen molar-refractivity contribution in [1.29, 1.82) is 0 Å². The highest BCUT2D eigenvalue weighted by atomic mass is 32.3. The second-order valence-electron chi connectivity index (χ2n) is 7.56. The monoisotopic (exact) mass is 459 g/mol. The first-order chi connectivity index (χ1) is 14.8. The summed E-state index contributed by atoms with van der Waals surface area (Å²) in [6.45, 7) is 0. The molecule has 1 aliphatic rings. The Morgan fingerprint density at radius 3 is 2.42 bits per heavy atom. The average Bonchev–Trinajstić information content (AvgIpc) is 3.06. The summed E-state index contributed by atoms with van der Waals surface area (Å²) in [4.78, 5) is 0.418. The Morgan fingerprint density at radius 1 is 1.03 bits per heavy atom. The van der Waals surface area contributed by atoms with Crippen molar-refractivity contribution in [2.24, 2.45) is 5.73 Å². The molecule has 164 valence electrons. The van der Waals surface area contributed by atoms with Crippen LogP contribution in [-0.4, -0.2) is 30.4 Å². The van der Waals surface area contributed by atoms with Crippen LogP contribution in [0.3, 0.4) is 0 Å². The van der Waals surface area contributed by atoms with Crippen molar-refractivity contribution < 1.29 is 22.3 Å². The number of hydrogen-bond acceptors (Lipinski definition) is 6. The molecule has 4 rings (SSSR count). The molecule has 8 heteroatoms. The Hall–Kier alpha value is -2.36. The molecule has 0 radical (unpaired) electrons. The predicted octanol–water partition coefficient (Wildman–Crippen LogP) is 4.58. The molecule has 2 atom stereocenters. The molecule has 3 aromatic carbocycles. The smallest absolute Gasteiger partial charge is 0.187 e. The van der Waals surface area contributed by atoms with E-state index in [4.69, 9.17) is 10.5 Å². The van der Waals surface area contributed by atoms with Gasteiger partial charge in [-0.1, -0.05) is 48.5 Å². The Bertz CT molecular complexity index is 1200. The van der Waals surface area contributed by atoms with Crippen molar-refractivity contribution in [2.45, 2.75) is 27.5 Å². The van der Waals surface area contributed by atoms with Gasteiger partial charge in [0.2, 0.25) is 0 Å². The normalized spacial score (nSPS) is 19.4. The summed E-state index contributed by atoms with van der Waals surface area (Å²) in [5.41, 5.74) is 8.46. The minimum Gasteiger partial charge on any atom is -0.496 e. The lowest BCUT2D eigenvalue weighted by atomic mass is 9.94. The minimum absolute atomic E-state index is 0.149. The van der Waals surface area contributed by atoms with Gasteiger partial charge in [-0.15, -0.1) is 0 Å². The Kier molecular flexibility index (Phi) is 5.85.